The third-order valence-corrected chi connectivity index (χ3v) is 1.54. The van der Waals surface area contributed by atoms with Crippen LogP contribution < -0.4 is 5.73 Å². The third kappa shape index (κ3) is 5.83. The Balaban J connectivity index is 3.26. The van der Waals surface area contributed by atoms with Crippen molar-refractivity contribution in [2.24, 2.45) is 11.7 Å². The molecule has 0 fully saturated rings. The highest BCUT2D eigenvalue weighted by Gasteiger charge is 1.91. The van der Waals surface area contributed by atoms with Crippen molar-refractivity contribution in [1.82, 2.24) is 0 Å². The number of hydrogen-bond donors (Lipinski definition) is 1. The molecular formula is C9H19N. The molecule has 0 aromatic heterocycles. The van der Waals surface area contributed by atoms with E-state index >= 15 is 0 Å². The van der Waals surface area contributed by atoms with Gasteiger partial charge < -0.3 is 5.73 Å². The molecule has 0 aliphatic heterocycles. The average molecular weight is 141 g/mol. The first-order valence-corrected chi connectivity index (χ1v) is 4.18. The molecule has 1 atom stereocenters. The lowest BCUT2D eigenvalue weighted by atomic mass is 10.1. The number of allylic oxidation sites excluding steroid dienone is 2. The number of unbranched alkanes of at least 4 members (excludes halogenated alkanes) is 1. The topological polar surface area (TPSA) is 26.0 Å². The van der Waals surface area contributed by atoms with Gasteiger partial charge in [-0.1, -0.05) is 32.4 Å². The summed E-state index contributed by atoms with van der Waals surface area (Å²) in [6, 6.07) is 0. The highest BCUT2D eigenvalue weighted by Crippen LogP contribution is 2.02. The Kier molecular flexibility index (Phi) is 6.61. The standard InChI is InChI=1S/C9H19N/c1-3-4-5-6-9(2)7-8-10/h5-6,9H,3-4,7-8,10H2,1-2H3/b6-5+. The van der Waals surface area contributed by atoms with Crippen molar-refractivity contribution < 1.29 is 0 Å². The maximum atomic E-state index is 5.40. The molecule has 60 valence electrons. The predicted molar refractivity (Wildman–Crippen MR) is 46.9 cm³/mol. The zero-order chi connectivity index (χ0) is 7.82. The van der Waals surface area contributed by atoms with E-state index in [2.05, 4.69) is 26.0 Å². The predicted octanol–water partition coefficient (Wildman–Crippen LogP) is 2.33. The van der Waals surface area contributed by atoms with Crippen LogP contribution in [0.4, 0.5) is 0 Å². The maximum Gasteiger partial charge on any atom is -0.00718 e. The highest BCUT2D eigenvalue weighted by atomic mass is 14.5. The number of hydrogen-bond acceptors (Lipinski definition) is 1. The zero-order valence-electron chi connectivity index (χ0n) is 7.14. The van der Waals surface area contributed by atoms with Crippen molar-refractivity contribution in [3.63, 3.8) is 0 Å². The van der Waals surface area contributed by atoms with Gasteiger partial charge in [-0.25, -0.2) is 0 Å². The van der Waals surface area contributed by atoms with Crippen molar-refractivity contribution in [3.05, 3.63) is 12.2 Å². The van der Waals surface area contributed by atoms with Crippen LogP contribution in [0, 0.1) is 5.92 Å². The van der Waals surface area contributed by atoms with Gasteiger partial charge in [-0.3, -0.25) is 0 Å². The molecule has 0 saturated carbocycles. The van der Waals surface area contributed by atoms with Gasteiger partial charge in [-0.2, -0.15) is 0 Å². The monoisotopic (exact) mass is 141 g/mol. The molecule has 0 amide bonds. The normalized spacial score (nSPS) is 14.3. The summed E-state index contributed by atoms with van der Waals surface area (Å²) >= 11 is 0. The van der Waals surface area contributed by atoms with Crippen molar-refractivity contribution in [1.29, 1.82) is 0 Å². The molecule has 0 heterocycles. The second kappa shape index (κ2) is 6.81. The number of rotatable bonds is 5. The first-order chi connectivity index (χ1) is 4.81. The SMILES string of the molecule is CCC/C=C/C(C)CCN. The van der Waals surface area contributed by atoms with Crippen molar-refractivity contribution in [2.45, 2.75) is 33.1 Å². The second-order valence-electron chi connectivity index (χ2n) is 2.77. The van der Waals surface area contributed by atoms with Crippen LogP contribution in [-0.4, -0.2) is 6.54 Å². The van der Waals surface area contributed by atoms with Crippen LogP contribution in [0.3, 0.4) is 0 Å². The molecule has 10 heavy (non-hydrogen) atoms. The molecule has 0 bridgehead atoms. The zero-order valence-corrected chi connectivity index (χ0v) is 7.14. The van der Waals surface area contributed by atoms with Crippen LogP contribution in [0.5, 0.6) is 0 Å². The molecule has 1 unspecified atom stereocenters. The molecule has 0 saturated heterocycles. The van der Waals surface area contributed by atoms with Crippen LogP contribution in [0.1, 0.15) is 33.1 Å². The van der Waals surface area contributed by atoms with E-state index in [1.54, 1.807) is 0 Å². The summed E-state index contributed by atoms with van der Waals surface area (Å²) in [7, 11) is 0. The van der Waals surface area contributed by atoms with Crippen LogP contribution >= 0.6 is 0 Å². The molecule has 0 radical (unpaired) electrons. The number of nitrogens with two attached hydrogens (primary N) is 1. The summed E-state index contributed by atoms with van der Waals surface area (Å²) in [6.07, 6.45) is 8.07. The molecule has 0 aliphatic rings. The Bertz CT molecular complexity index is 86.7. The smallest absolute Gasteiger partial charge is 0.00718 e. The van der Waals surface area contributed by atoms with Crippen molar-refractivity contribution in [2.75, 3.05) is 6.54 Å². The molecule has 1 heteroatoms. The lowest BCUT2D eigenvalue weighted by Crippen LogP contribution is -2.03. The quantitative estimate of drug-likeness (QED) is 0.584. The Hall–Kier alpha value is -0.300. The average Bonchev–Trinajstić information content (AvgIpc) is 1.89. The molecule has 0 aliphatic carbocycles. The van der Waals surface area contributed by atoms with Crippen molar-refractivity contribution in [3.8, 4) is 0 Å². The third-order valence-electron chi connectivity index (χ3n) is 1.54. The summed E-state index contributed by atoms with van der Waals surface area (Å²) in [5, 5.41) is 0. The van der Waals surface area contributed by atoms with Crippen LogP contribution in [-0.2, 0) is 0 Å². The fourth-order valence-corrected chi connectivity index (χ4v) is 0.854. The Morgan fingerprint density at radius 3 is 2.70 bits per heavy atom. The highest BCUT2D eigenvalue weighted by molar-refractivity contribution is 4.85. The molecule has 0 aromatic carbocycles. The van der Waals surface area contributed by atoms with E-state index in [0.29, 0.717) is 5.92 Å². The summed E-state index contributed by atoms with van der Waals surface area (Å²) in [5.41, 5.74) is 5.40. The molecule has 0 rings (SSSR count). The van der Waals surface area contributed by atoms with Crippen LogP contribution in [0.15, 0.2) is 12.2 Å². The van der Waals surface area contributed by atoms with E-state index in [1.165, 1.54) is 12.8 Å². The van der Waals surface area contributed by atoms with Gasteiger partial charge in [0.05, 0.1) is 0 Å². The van der Waals surface area contributed by atoms with Gasteiger partial charge in [0.25, 0.3) is 0 Å². The summed E-state index contributed by atoms with van der Waals surface area (Å²) in [5.74, 6) is 0.663. The molecule has 2 N–H and O–H groups in total. The van der Waals surface area contributed by atoms with Gasteiger partial charge in [0.2, 0.25) is 0 Å². The van der Waals surface area contributed by atoms with Crippen LogP contribution in [0.2, 0.25) is 0 Å². The van der Waals surface area contributed by atoms with E-state index in [0.717, 1.165) is 13.0 Å². The van der Waals surface area contributed by atoms with E-state index in [1.807, 2.05) is 0 Å². The van der Waals surface area contributed by atoms with Gasteiger partial charge in [-0.15, -0.1) is 0 Å². The minimum atomic E-state index is 0.663. The first-order valence-electron chi connectivity index (χ1n) is 4.18. The van der Waals surface area contributed by atoms with Crippen LogP contribution in [0.25, 0.3) is 0 Å². The van der Waals surface area contributed by atoms with E-state index in [-0.39, 0.29) is 0 Å². The second-order valence-corrected chi connectivity index (χ2v) is 2.77. The molecule has 0 aromatic rings. The lowest BCUT2D eigenvalue weighted by Gasteiger charge is -2.01. The Morgan fingerprint density at radius 2 is 2.20 bits per heavy atom. The largest absolute Gasteiger partial charge is 0.330 e. The molecule has 1 nitrogen and oxygen atoms in total. The van der Waals surface area contributed by atoms with Gasteiger partial charge in [0, 0.05) is 0 Å². The van der Waals surface area contributed by atoms with Gasteiger partial charge >= 0.3 is 0 Å². The Morgan fingerprint density at radius 1 is 1.50 bits per heavy atom. The Labute approximate surface area is 64.3 Å². The fourth-order valence-electron chi connectivity index (χ4n) is 0.854. The summed E-state index contributed by atoms with van der Waals surface area (Å²) < 4.78 is 0. The summed E-state index contributed by atoms with van der Waals surface area (Å²) in [6.45, 7) is 5.20. The first kappa shape index (κ1) is 9.70. The van der Waals surface area contributed by atoms with Gasteiger partial charge in [0.15, 0.2) is 0 Å². The fraction of sp³-hybridized carbons (Fsp3) is 0.778. The van der Waals surface area contributed by atoms with E-state index < -0.39 is 0 Å². The molecule has 0 spiro atoms. The minimum Gasteiger partial charge on any atom is -0.330 e. The van der Waals surface area contributed by atoms with Crippen molar-refractivity contribution >= 4 is 0 Å². The van der Waals surface area contributed by atoms with E-state index in [4.69, 9.17) is 5.73 Å². The molecular weight excluding hydrogens is 122 g/mol. The summed E-state index contributed by atoms with van der Waals surface area (Å²) in [4.78, 5) is 0. The lowest BCUT2D eigenvalue weighted by molar-refractivity contribution is 0.655. The van der Waals surface area contributed by atoms with Gasteiger partial charge in [0.1, 0.15) is 0 Å². The minimum absolute atomic E-state index is 0.663. The van der Waals surface area contributed by atoms with Gasteiger partial charge in [-0.05, 0) is 25.3 Å². The van der Waals surface area contributed by atoms with E-state index in [9.17, 15) is 0 Å². The maximum absolute atomic E-state index is 5.40.